The van der Waals surface area contributed by atoms with Gasteiger partial charge in [0.05, 0.1) is 17.3 Å². The number of rotatable bonds is 8. The van der Waals surface area contributed by atoms with Crippen molar-refractivity contribution in [2.75, 3.05) is 24.5 Å². The van der Waals surface area contributed by atoms with Crippen molar-refractivity contribution in [1.29, 1.82) is 0 Å². The summed E-state index contributed by atoms with van der Waals surface area (Å²) in [5.41, 5.74) is 8.36. The van der Waals surface area contributed by atoms with Crippen LogP contribution in [0.25, 0.3) is 22.3 Å². The van der Waals surface area contributed by atoms with Crippen LogP contribution in [0.3, 0.4) is 0 Å². The van der Waals surface area contributed by atoms with E-state index in [1.54, 1.807) is 53.4 Å². The normalized spacial score (nSPS) is 15.5. The van der Waals surface area contributed by atoms with E-state index in [9.17, 15) is 32.2 Å². The number of aliphatic carboxylic acids is 1. The number of carboxylic acids is 1. The largest absolute Gasteiger partial charge is 0.507 e. The Morgan fingerprint density at radius 2 is 1.71 bits per heavy atom. The number of nitrogens with two attached hydrogens (primary N) is 1. The Kier molecular flexibility index (Phi) is 10.2. The molecule has 0 bridgehead atoms. The number of hydrogen-bond acceptors (Lipinski definition) is 10. The molecule has 0 spiro atoms. The molecule has 48 heavy (non-hydrogen) atoms. The Hall–Kier alpha value is -5.12. The maximum absolute atomic E-state index is 13.4. The van der Waals surface area contributed by atoms with Crippen LogP contribution in [0.2, 0.25) is 0 Å². The highest BCUT2D eigenvalue weighted by atomic mass is 32.2. The summed E-state index contributed by atoms with van der Waals surface area (Å²) in [6, 6.07) is 17.5. The van der Waals surface area contributed by atoms with Crippen molar-refractivity contribution in [3.63, 3.8) is 0 Å². The second-order valence-corrected chi connectivity index (χ2v) is 12.8. The molecule has 3 aromatic carbocycles. The number of benzene rings is 3. The number of piperazine rings is 1. The summed E-state index contributed by atoms with van der Waals surface area (Å²) in [7, 11) is -4.10. The first-order valence-electron chi connectivity index (χ1n) is 14.9. The minimum atomic E-state index is -4.10. The predicted octanol–water partition coefficient (Wildman–Crippen LogP) is 4.40. The van der Waals surface area contributed by atoms with Crippen LogP contribution < -0.4 is 10.6 Å². The highest BCUT2D eigenvalue weighted by Crippen LogP contribution is 2.32. The lowest BCUT2D eigenvalue weighted by molar-refractivity contribution is -0.141. The lowest BCUT2D eigenvalue weighted by Gasteiger charge is -2.38. The monoisotopic (exact) mass is 677 g/mol. The topological polar surface area (TPSA) is 176 Å². The van der Waals surface area contributed by atoms with E-state index in [2.05, 4.69) is 19.9 Å². The van der Waals surface area contributed by atoms with Gasteiger partial charge < -0.3 is 20.8 Å². The summed E-state index contributed by atoms with van der Waals surface area (Å²) in [4.78, 5) is 30.4. The summed E-state index contributed by atoms with van der Waals surface area (Å²) in [6.07, 6.45) is 4.19. The number of anilines is 1. The van der Waals surface area contributed by atoms with Gasteiger partial charge in [0.25, 0.3) is 5.92 Å². The first-order valence-corrected chi connectivity index (χ1v) is 16.4. The van der Waals surface area contributed by atoms with Gasteiger partial charge in [0.15, 0.2) is 5.65 Å². The van der Waals surface area contributed by atoms with Crippen LogP contribution in [-0.2, 0) is 27.3 Å². The van der Waals surface area contributed by atoms with E-state index in [4.69, 9.17) is 5.73 Å². The molecule has 12 nitrogen and oxygen atoms in total. The Morgan fingerprint density at radius 1 is 1.00 bits per heavy atom. The smallest absolute Gasteiger partial charge is 0.323 e. The van der Waals surface area contributed by atoms with E-state index in [0.29, 0.717) is 34.7 Å². The highest BCUT2D eigenvalue weighted by Gasteiger charge is 2.40. The second kappa shape index (κ2) is 14.3. The molecule has 5 aromatic rings. The third-order valence-corrected chi connectivity index (χ3v) is 9.81. The minimum absolute atomic E-state index is 0.0291. The number of nitrogens with zero attached hydrogens (tertiary/aromatic N) is 6. The lowest BCUT2D eigenvalue weighted by Crippen LogP contribution is -2.58. The van der Waals surface area contributed by atoms with Gasteiger partial charge in [0.1, 0.15) is 29.5 Å². The molecule has 0 amide bonds. The number of para-hydroxylation sites is 1. The Labute approximate surface area is 275 Å². The van der Waals surface area contributed by atoms with Gasteiger partial charge in [-0.25, -0.2) is 37.1 Å². The molecule has 4 N–H and O–H groups in total. The molecule has 0 saturated carbocycles. The van der Waals surface area contributed by atoms with Crippen molar-refractivity contribution in [1.82, 2.24) is 24.2 Å². The fourth-order valence-corrected chi connectivity index (χ4v) is 6.69. The molecule has 0 unspecified atom stereocenters. The fraction of sp³-hybridized carbons (Fsp3) is 0.242. The zero-order chi connectivity index (χ0) is 34.5. The number of phenols is 1. The molecule has 1 saturated heterocycles. The number of carboxylic acid groups (broad SMARTS) is 1. The van der Waals surface area contributed by atoms with Crippen LogP contribution in [0.15, 0.2) is 96.4 Å². The van der Waals surface area contributed by atoms with Crippen LogP contribution in [0.1, 0.15) is 24.5 Å². The molecular formula is C33H33F2N7O5S. The zero-order valence-corrected chi connectivity index (χ0v) is 26.6. The van der Waals surface area contributed by atoms with E-state index in [1.807, 2.05) is 0 Å². The second-order valence-electron chi connectivity index (χ2n) is 10.9. The molecular weight excluding hydrogens is 644 g/mol. The lowest BCUT2D eigenvalue weighted by atomic mass is 10.0. The van der Waals surface area contributed by atoms with E-state index in [-0.39, 0.29) is 42.3 Å². The van der Waals surface area contributed by atoms with Gasteiger partial charge >= 0.3 is 5.97 Å². The number of halogens is 2. The third kappa shape index (κ3) is 7.38. The molecule has 1 atom stereocenters. The zero-order valence-electron chi connectivity index (χ0n) is 25.8. The summed E-state index contributed by atoms with van der Waals surface area (Å²) >= 11 is 0. The van der Waals surface area contributed by atoms with Gasteiger partial charge in [0.2, 0.25) is 10.0 Å². The van der Waals surface area contributed by atoms with Gasteiger partial charge in [-0.2, -0.15) is 4.31 Å². The number of fused-ring (bicyclic) bond motifs is 1. The molecule has 2 aromatic heterocycles. The van der Waals surface area contributed by atoms with Crippen LogP contribution in [0.5, 0.6) is 5.75 Å². The molecule has 0 aliphatic carbocycles. The Bertz CT molecular complexity index is 2000. The molecule has 1 aliphatic heterocycles. The maximum Gasteiger partial charge on any atom is 0.323 e. The van der Waals surface area contributed by atoms with E-state index < -0.39 is 28.0 Å². The van der Waals surface area contributed by atoms with Crippen molar-refractivity contribution in [2.24, 2.45) is 5.73 Å². The molecule has 250 valence electrons. The Balaban J connectivity index is 0.000000292. The Morgan fingerprint density at radius 3 is 2.35 bits per heavy atom. The average Bonchev–Trinajstić information content (AvgIpc) is 3.11. The first kappa shape index (κ1) is 34.2. The van der Waals surface area contributed by atoms with Crippen LogP contribution >= 0.6 is 0 Å². The minimum Gasteiger partial charge on any atom is -0.507 e. The number of hydrogen-bond donors (Lipinski definition) is 3. The molecule has 1 aliphatic rings. The first-order chi connectivity index (χ1) is 22.9. The maximum atomic E-state index is 13.4. The molecule has 6 rings (SSSR count). The molecule has 15 heteroatoms. The van der Waals surface area contributed by atoms with Crippen molar-refractivity contribution < 1.29 is 32.2 Å². The number of sulfonamides is 1. The van der Waals surface area contributed by atoms with E-state index >= 15 is 0 Å². The number of aromatic nitrogens is 4. The summed E-state index contributed by atoms with van der Waals surface area (Å²) in [5, 5.41) is 19.9. The van der Waals surface area contributed by atoms with Gasteiger partial charge in [-0.05, 0) is 29.3 Å². The van der Waals surface area contributed by atoms with Crippen molar-refractivity contribution in [2.45, 2.75) is 36.7 Å². The van der Waals surface area contributed by atoms with Gasteiger partial charge in [-0.3, -0.25) is 4.79 Å². The quantitative estimate of drug-likeness (QED) is 0.212. The van der Waals surface area contributed by atoms with Crippen LogP contribution in [0.4, 0.5) is 14.6 Å². The number of carbonyl (C=O) groups is 1. The van der Waals surface area contributed by atoms with Crippen LogP contribution in [0, 0.1) is 0 Å². The number of aromatic hydroxyl groups is 1. The fourth-order valence-electron chi connectivity index (χ4n) is 5.12. The molecule has 3 heterocycles. The third-order valence-electron chi connectivity index (χ3n) is 7.88. The summed E-state index contributed by atoms with van der Waals surface area (Å²) in [6.45, 7) is 1.93. The van der Waals surface area contributed by atoms with Gasteiger partial charge in [-0.15, -0.1) is 0 Å². The molecule has 1 fully saturated rings. The summed E-state index contributed by atoms with van der Waals surface area (Å²) < 4.78 is 53.9. The predicted molar refractivity (Wildman–Crippen MR) is 175 cm³/mol. The number of phenolic OH excluding ortho intramolecular Hbond substituents is 1. The van der Waals surface area contributed by atoms with E-state index in [0.717, 1.165) is 9.87 Å². The van der Waals surface area contributed by atoms with Gasteiger partial charge in [0, 0.05) is 43.7 Å². The SMILES string of the molecule is CCC(F)(F)c1ccc(CN)cc1.O=C(O)[C@H]1CN(c2cnc3cncnc3n2)CCN1S(=O)(=O)c1ccc(-c2ccccc2O)cc1. The van der Waals surface area contributed by atoms with Crippen molar-refractivity contribution in [3.05, 3.63) is 103 Å². The van der Waals surface area contributed by atoms with Gasteiger partial charge in [-0.1, -0.05) is 61.5 Å². The van der Waals surface area contributed by atoms with E-state index in [1.165, 1.54) is 49.9 Å². The van der Waals surface area contributed by atoms with Crippen LogP contribution in [-0.4, -0.2) is 74.5 Å². The average molecular weight is 678 g/mol. The number of alkyl halides is 2. The standard InChI is InChI=1S/C23H20N6O5S.C10H13F2N/c30-20-4-2-1-3-17(20)15-5-7-16(8-6-15)35(33,34)29-10-9-28(13-19(29)23(31)32)21-12-25-18-11-24-14-26-22(18)27-21;1-2-10(11,12)9-5-3-8(7-13)4-6-9/h1-8,11-12,14,19,30H,9-10,13H2,(H,31,32);3-6H,2,7,13H2,1H3/t19-;/m1./s1. The van der Waals surface area contributed by atoms with Crippen molar-refractivity contribution >= 4 is 33.0 Å². The van der Waals surface area contributed by atoms with Crippen molar-refractivity contribution in [3.8, 4) is 16.9 Å². The summed E-state index contributed by atoms with van der Waals surface area (Å²) in [5.74, 6) is -3.49. The molecule has 0 radical (unpaired) electrons. The highest BCUT2D eigenvalue weighted by molar-refractivity contribution is 7.89.